The number of pyridine rings is 1. The summed E-state index contributed by atoms with van der Waals surface area (Å²) in [6.07, 6.45) is 4.07. The highest BCUT2D eigenvalue weighted by Gasteiger charge is 2.24. The Bertz CT molecular complexity index is 1280. The van der Waals surface area contributed by atoms with Gasteiger partial charge in [0.15, 0.2) is 23.8 Å². The standard InChI is InChI=1S/C22H23FN6O4/c1-28-10-13(8-25-28)17-9-24-16-4-5-20(27-22(16)26-17)29(11-14(31)12-30)18-6-15(32-2)7-19(33-3)21(18)23/h4-10,14,30-31H,11-12H2,1-3H3/p+1. The van der Waals surface area contributed by atoms with Crippen LogP contribution in [0.1, 0.15) is 0 Å². The van der Waals surface area contributed by atoms with Crippen molar-refractivity contribution in [3.05, 3.63) is 48.7 Å². The highest BCUT2D eigenvalue weighted by Crippen LogP contribution is 2.36. The second-order valence-electron chi connectivity index (χ2n) is 7.30. The highest BCUT2D eigenvalue weighted by atomic mass is 19.1. The van der Waals surface area contributed by atoms with Crippen LogP contribution in [0.2, 0.25) is 0 Å². The van der Waals surface area contributed by atoms with Crippen molar-refractivity contribution in [2.45, 2.75) is 6.10 Å². The van der Waals surface area contributed by atoms with Gasteiger partial charge in [0.1, 0.15) is 23.2 Å². The van der Waals surface area contributed by atoms with E-state index in [1.807, 2.05) is 6.20 Å². The van der Waals surface area contributed by atoms with Gasteiger partial charge in [-0.15, -0.1) is 0 Å². The average molecular weight is 455 g/mol. The van der Waals surface area contributed by atoms with Crippen LogP contribution in [-0.2, 0) is 7.05 Å². The molecule has 0 bridgehead atoms. The number of rotatable bonds is 8. The lowest BCUT2D eigenvalue weighted by Crippen LogP contribution is -2.32. The normalized spacial score (nSPS) is 12.1. The van der Waals surface area contributed by atoms with E-state index >= 15 is 4.39 Å². The number of aliphatic hydroxyl groups is 1. The minimum atomic E-state index is -1.05. The molecule has 1 atom stereocenters. The zero-order chi connectivity index (χ0) is 23.5. The quantitative estimate of drug-likeness (QED) is 0.399. The lowest BCUT2D eigenvalue weighted by atomic mass is 10.2. The topological polar surface area (TPSA) is 121 Å². The van der Waals surface area contributed by atoms with Gasteiger partial charge < -0.3 is 24.6 Å². The fourth-order valence-corrected chi connectivity index (χ4v) is 3.34. The molecule has 3 N–H and O–H groups in total. The molecular weight excluding hydrogens is 431 g/mol. The van der Waals surface area contributed by atoms with Crippen molar-refractivity contribution >= 4 is 22.7 Å². The summed E-state index contributed by atoms with van der Waals surface area (Å²) in [5.74, 6) is 0.0247. The number of anilines is 2. The van der Waals surface area contributed by atoms with Crippen LogP contribution in [0.5, 0.6) is 11.5 Å². The van der Waals surface area contributed by atoms with Gasteiger partial charge in [0, 0.05) is 30.9 Å². The summed E-state index contributed by atoms with van der Waals surface area (Å²) in [7, 11) is 4.62. The number of ether oxygens (including phenoxy) is 2. The van der Waals surface area contributed by atoms with Gasteiger partial charge in [-0.2, -0.15) is 5.10 Å². The van der Waals surface area contributed by atoms with Crippen LogP contribution in [0.15, 0.2) is 42.9 Å². The predicted octanol–water partition coefficient (Wildman–Crippen LogP) is 1.81. The van der Waals surface area contributed by atoms with Crippen molar-refractivity contribution in [3.63, 3.8) is 0 Å². The molecule has 10 nitrogen and oxygen atoms in total. The predicted molar refractivity (Wildman–Crippen MR) is 121 cm³/mol. The summed E-state index contributed by atoms with van der Waals surface area (Å²) in [6, 6.07) is 6.28. The van der Waals surface area contributed by atoms with Gasteiger partial charge >= 0.3 is 0 Å². The fourth-order valence-electron chi connectivity index (χ4n) is 3.34. The molecule has 1 aromatic carbocycles. The number of benzene rings is 1. The third-order valence-corrected chi connectivity index (χ3v) is 5.04. The van der Waals surface area contributed by atoms with Gasteiger partial charge in [-0.25, -0.2) is 14.4 Å². The zero-order valence-corrected chi connectivity index (χ0v) is 18.4. The number of fused-ring (bicyclic) bond motifs is 1. The number of aryl methyl sites for hydroxylation is 1. The summed E-state index contributed by atoms with van der Waals surface area (Å²) < 4.78 is 27.4. The largest absolute Gasteiger partial charge is 0.497 e. The van der Waals surface area contributed by atoms with Gasteiger partial charge in [0.05, 0.1) is 44.5 Å². The highest BCUT2D eigenvalue weighted by molar-refractivity contribution is 5.77. The molecule has 33 heavy (non-hydrogen) atoms. The van der Waals surface area contributed by atoms with Crippen molar-refractivity contribution in [2.75, 3.05) is 32.3 Å². The van der Waals surface area contributed by atoms with Gasteiger partial charge in [-0.1, -0.05) is 0 Å². The second kappa shape index (κ2) is 9.35. The van der Waals surface area contributed by atoms with Crippen molar-refractivity contribution in [3.8, 4) is 22.8 Å². The molecule has 1 unspecified atom stereocenters. The van der Waals surface area contributed by atoms with Crippen LogP contribution in [-0.4, -0.2) is 68.4 Å². The first-order chi connectivity index (χ1) is 15.9. The Labute approximate surface area is 188 Å². The van der Waals surface area contributed by atoms with Crippen LogP contribution in [0.25, 0.3) is 22.4 Å². The molecule has 4 rings (SSSR count). The Morgan fingerprint density at radius 1 is 1.18 bits per heavy atom. The van der Waals surface area contributed by atoms with Gasteiger partial charge in [-0.3, -0.25) is 9.67 Å². The lowest BCUT2D eigenvalue weighted by molar-refractivity contribution is 0.101. The Morgan fingerprint density at radius 3 is 2.67 bits per heavy atom. The molecule has 0 aliphatic heterocycles. The van der Waals surface area contributed by atoms with E-state index in [1.165, 1.54) is 31.3 Å². The maximum Gasteiger partial charge on any atom is 0.188 e. The van der Waals surface area contributed by atoms with Crippen molar-refractivity contribution in [1.29, 1.82) is 0 Å². The Morgan fingerprint density at radius 2 is 2.00 bits per heavy atom. The van der Waals surface area contributed by atoms with E-state index in [4.69, 9.17) is 14.6 Å². The monoisotopic (exact) mass is 455 g/mol. The van der Waals surface area contributed by atoms with E-state index in [0.29, 0.717) is 28.4 Å². The van der Waals surface area contributed by atoms with E-state index in [9.17, 15) is 5.11 Å². The molecule has 3 aromatic heterocycles. The molecule has 0 spiro atoms. The van der Waals surface area contributed by atoms with Crippen LogP contribution in [0.4, 0.5) is 15.9 Å². The van der Waals surface area contributed by atoms with Crippen molar-refractivity contribution in [2.24, 2.45) is 7.05 Å². The molecule has 0 radical (unpaired) electrons. The summed E-state index contributed by atoms with van der Waals surface area (Å²) in [5, 5.41) is 21.9. The number of halogens is 1. The first-order valence-electron chi connectivity index (χ1n) is 10.1. The van der Waals surface area contributed by atoms with Gasteiger partial charge in [-0.05, 0) is 12.1 Å². The third kappa shape index (κ3) is 4.54. The molecular formula is C22H24FN6O4+. The summed E-state index contributed by atoms with van der Waals surface area (Å²) in [5.41, 5.74) is 2.35. The number of nitrogens with zero attached hydrogens (tertiary/aromatic N) is 6. The van der Waals surface area contributed by atoms with Crippen LogP contribution in [0.3, 0.4) is 0 Å². The van der Waals surface area contributed by atoms with Crippen molar-refractivity contribution in [1.82, 2.24) is 24.7 Å². The van der Waals surface area contributed by atoms with Crippen LogP contribution < -0.4 is 14.4 Å². The van der Waals surface area contributed by atoms with Gasteiger partial charge in [0.25, 0.3) is 0 Å². The number of methoxy groups -OCH3 is 2. The number of hydrogen-bond acceptors (Lipinski definition) is 8. The molecule has 4 aromatic rings. The molecule has 172 valence electrons. The molecule has 0 aliphatic rings. The minimum absolute atomic E-state index is 0.0193. The number of hydrogen-bond donors (Lipinski definition) is 1. The molecule has 3 heterocycles. The minimum Gasteiger partial charge on any atom is -0.497 e. The maximum absolute atomic E-state index is 15.3. The van der Waals surface area contributed by atoms with E-state index in [-0.39, 0.29) is 24.6 Å². The maximum atomic E-state index is 15.3. The average Bonchev–Trinajstić information content (AvgIpc) is 3.28. The lowest BCUT2D eigenvalue weighted by Gasteiger charge is -2.26. The van der Waals surface area contributed by atoms with E-state index in [1.54, 1.807) is 36.3 Å². The molecule has 0 fully saturated rings. The molecule has 0 amide bonds. The molecule has 0 aliphatic carbocycles. The number of aliphatic hydroxyl groups excluding tert-OH is 1. The van der Waals surface area contributed by atoms with E-state index < -0.39 is 11.9 Å². The number of aromatic nitrogens is 5. The first-order valence-corrected chi connectivity index (χ1v) is 10.1. The Hall–Kier alpha value is -3.83. The Balaban J connectivity index is 1.84. The van der Waals surface area contributed by atoms with Gasteiger partial charge in [0.2, 0.25) is 0 Å². The molecule has 0 saturated carbocycles. The SMILES string of the molecule is COc1cc(OC)c(F)c(N(CC(O)C[OH2+])c2ccc3ncc(-c4cnn(C)c4)nc3n2)c1. The summed E-state index contributed by atoms with van der Waals surface area (Å²) in [6.45, 7) is -0.345. The third-order valence-electron chi connectivity index (χ3n) is 5.04. The van der Waals surface area contributed by atoms with Crippen LogP contribution in [0, 0.1) is 5.82 Å². The first kappa shape index (κ1) is 22.4. The van der Waals surface area contributed by atoms with E-state index in [0.717, 1.165) is 5.56 Å². The summed E-state index contributed by atoms with van der Waals surface area (Å²) >= 11 is 0. The second-order valence-corrected chi connectivity index (χ2v) is 7.30. The van der Waals surface area contributed by atoms with Crippen LogP contribution >= 0.6 is 0 Å². The Kier molecular flexibility index (Phi) is 6.33. The van der Waals surface area contributed by atoms with Crippen molar-refractivity contribution < 1.29 is 24.1 Å². The zero-order valence-electron chi connectivity index (χ0n) is 18.4. The fraction of sp³-hybridized carbons (Fsp3) is 0.273. The smallest absolute Gasteiger partial charge is 0.188 e. The van der Waals surface area contributed by atoms with E-state index in [2.05, 4.69) is 20.1 Å². The summed E-state index contributed by atoms with van der Waals surface area (Å²) in [4.78, 5) is 15.1. The molecule has 11 heteroatoms. The molecule has 0 saturated heterocycles.